The van der Waals surface area contributed by atoms with Crippen molar-refractivity contribution in [3.05, 3.63) is 90.1 Å². The molecule has 4 aromatic rings. The Morgan fingerprint density at radius 3 is 2.18 bits per heavy atom. The number of carbonyl (C=O) groups excluding carboxylic acids is 1. The van der Waals surface area contributed by atoms with E-state index in [2.05, 4.69) is 38.2 Å². The summed E-state index contributed by atoms with van der Waals surface area (Å²) in [5.74, 6) is 3.38. The van der Waals surface area contributed by atoms with Crippen LogP contribution >= 0.6 is 0 Å². The van der Waals surface area contributed by atoms with Crippen LogP contribution in [-0.2, 0) is 24.4 Å². The van der Waals surface area contributed by atoms with Gasteiger partial charge in [0.2, 0.25) is 5.91 Å². The first-order valence-corrected chi connectivity index (χ1v) is 13.9. The summed E-state index contributed by atoms with van der Waals surface area (Å²) in [6.07, 6.45) is 17.4. The Labute approximate surface area is 223 Å². The number of benzene rings is 1. The molecule has 4 saturated carbocycles. The minimum Gasteiger partial charge on any atom is -0.489 e. The van der Waals surface area contributed by atoms with Gasteiger partial charge in [0.05, 0.1) is 6.42 Å². The van der Waals surface area contributed by atoms with Crippen molar-refractivity contribution in [3.63, 3.8) is 0 Å². The zero-order chi connectivity index (χ0) is 25.5. The van der Waals surface area contributed by atoms with E-state index in [9.17, 15) is 4.79 Å². The molecule has 38 heavy (non-hydrogen) atoms. The van der Waals surface area contributed by atoms with Gasteiger partial charge < -0.3 is 14.6 Å². The zero-order valence-electron chi connectivity index (χ0n) is 21.7. The second-order valence-electron chi connectivity index (χ2n) is 11.9. The van der Waals surface area contributed by atoms with Crippen LogP contribution in [0.3, 0.4) is 0 Å². The van der Waals surface area contributed by atoms with Crippen LogP contribution in [-0.4, -0.2) is 26.0 Å². The second-order valence-corrected chi connectivity index (χ2v) is 11.9. The van der Waals surface area contributed by atoms with Gasteiger partial charge >= 0.3 is 0 Å². The fourth-order valence-corrected chi connectivity index (χ4v) is 7.82. The Morgan fingerprint density at radius 1 is 0.895 bits per heavy atom. The topological polar surface area (TPSA) is 69.0 Å². The van der Waals surface area contributed by atoms with E-state index in [-0.39, 0.29) is 11.4 Å². The molecular formula is C32H34N4O2. The van der Waals surface area contributed by atoms with Crippen molar-refractivity contribution in [2.75, 3.05) is 0 Å². The third-order valence-electron chi connectivity index (χ3n) is 8.99. The number of ether oxygens (including phenoxy) is 1. The first-order valence-electron chi connectivity index (χ1n) is 13.9. The lowest BCUT2D eigenvalue weighted by Crippen LogP contribution is -2.60. The second kappa shape index (κ2) is 9.57. The monoisotopic (exact) mass is 506 g/mol. The third kappa shape index (κ3) is 4.68. The Hall–Kier alpha value is -3.67. The van der Waals surface area contributed by atoms with E-state index in [1.807, 2.05) is 42.7 Å². The van der Waals surface area contributed by atoms with Crippen LogP contribution in [0.25, 0.3) is 10.9 Å². The molecule has 0 radical (unpaired) electrons. The van der Waals surface area contributed by atoms with Gasteiger partial charge in [-0.2, -0.15) is 0 Å². The maximum atomic E-state index is 13.5. The average Bonchev–Trinajstić information content (AvgIpc) is 3.23. The fraction of sp³-hybridized carbons (Fsp3) is 0.406. The quantitative estimate of drug-likeness (QED) is 0.334. The van der Waals surface area contributed by atoms with E-state index in [0.29, 0.717) is 13.0 Å². The fourth-order valence-electron chi connectivity index (χ4n) is 7.82. The molecule has 0 aliphatic heterocycles. The van der Waals surface area contributed by atoms with Gasteiger partial charge in [-0.1, -0.05) is 0 Å². The molecule has 4 bridgehead atoms. The number of hydrogen-bond acceptors (Lipinski definition) is 4. The van der Waals surface area contributed by atoms with Crippen LogP contribution in [0.4, 0.5) is 0 Å². The molecule has 3 aromatic heterocycles. The van der Waals surface area contributed by atoms with Crippen LogP contribution in [0.2, 0.25) is 0 Å². The van der Waals surface area contributed by atoms with Crippen molar-refractivity contribution >= 4 is 16.8 Å². The predicted molar refractivity (Wildman–Crippen MR) is 147 cm³/mol. The van der Waals surface area contributed by atoms with Gasteiger partial charge in [-0.15, -0.1) is 0 Å². The molecule has 4 aliphatic rings. The van der Waals surface area contributed by atoms with Crippen LogP contribution in [0, 0.1) is 17.8 Å². The van der Waals surface area contributed by atoms with Gasteiger partial charge in [-0.25, -0.2) is 0 Å². The summed E-state index contributed by atoms with van der Waals surface area (Å²) in [6, 6.07) is 14.2. The lowest BCUT2D eigenvalue weighted by Gasteiger charge is -2.56. The van der Waals surface area contributed by atoms with Gasteiger partial charge in [-0.3, -0.25) is 14.8 Å². The van der Waals surface area contributed by atoms with Gasteiger partial charge in [0.25, 0.3) is 0 Å². The van der Waals surface area contributed by atoms with Crippen molar-refractivity contribution < 1.29 is 9.53 Å². The molecule has 4 fully saturated rings. The number of carbonyl (C=O) groups is 1. The highest BCUT2D eigenvalue weighted by Gasteiger charge is 2.51. The van der Waals surface area contributed by atoms with Gasteiger partial charge in [-0.05, 0) is 115 Å². The molecule has 8 rings (SSSR count). The highest BCUT2D eigenvalue weighted by Crippen LogP contribution is 2.55. The Bertz CT molecular complexity index is 1410. The van der Waals surface area contributed by atoms with Crippen molar-refractivity contribution in [2.45, 2.75) is 63.6 Å². The molecule has 0 spiro atoms. The number of amides is 1. The van der Waals surface area contributed by atoms with Gasteiger partial charge in [0.15, 0.2) is 0 Å². The lowest BCUT2D eigenvalue weighted by molar-refractivity contribution is -0.126. The molecule has 1 amide bonds. The normalized spacial score (nSPS) is 25.5. The Morgan fingerprint density at radius 2 is 1.53 bits per heavy atom. The highest BCUT2D eigenvalue weighted by atomic mass is 16.5. The number of nitrogens with one attached hydrogen (secondary N) is 1. The van der Waals surface area contributed by atoms with Crippen LogP contribution in [0.5, 0.6) is 5.75 Å². The number of rotatable bonds is 8. The van der Waals surface area contributed by atoms with Crippen LogP contribution < -0.4 is 10.1 Å². The van der Waals surface area contributed by atoms with E-state index in [1.54, 1.807) is 12.4 Å². The summed E-state index contributed by atoms with van der Waals surface area (Å²) >= 11 is 0. The summed E-state index contributed by atoms with van der Waals surface area (Å²) < 4.78 is 8.37. The summed E-state index contributed by atoms with van der Waals surface area (Å²) in [5, 5.41) is 4.64. The standard InChI is InChI=1S/C32H34N4O2/c37-31(35-32-16-24-11-25(17-32)13-26(12-24)18-32)14-27-20-36(19-22-3-7-33-8-4-22)30-2-1-28(15-29(27)30)38-21-23-5-9-34-10-6-23/h1-10,15,20,24-26H,11-14,16-19,21H2,(H,35,37). The van der Waals surface area contributed by atoms with Crippen LogP contribution in [0.15, 0.2) is 73.4 Å². The molecule has 4 aliphatic carbocycles. The third-order valence-corrected chi connectivity index (χ3v) is 8.99. The van der Waals surface area contributed by atoms with E-state index >= 15 is 0 Å². The predicted octanol–water partition coefficient (Wildman–Crippen LogP) is 5.69. The van der Waals surface area contributed by atoms with Gasteiger partial charge in [0, 0.05) is 54.0 Å². The maximum absolute atomic E-state index is 13.5. The molecule has 0 atom stereocenters. The number of nitrogens with zero attached hydrogens (tertiary/aromatic N) is 3. The number of aromatic nitrogens is 3. The van der Waals surface area contributed by atoms with Crippen molar-refractivity contribution in [1.82, 2.24) is 19.9 Å². The Balaban J connectivity index is 1.15. The van der Waals surface area contributed by atoms with Crippen LogP contribution in [0.1, 0.15) is 55.2 Å². The highest BCUT2D eigenvalue weighted by molar-refractivity contribution is 5.90. The van der Waals surface area contributed by atoms with Crippen molar-refractivity contribution in [1.29, 1.82) is 0 Å². The molecule has 1 aromatic carbocycles. The van der Waals surface area contributed by atoms with E-state index < -0.39 is 0 Å². The average molecular weight is 507 g/mol. The van der Waals surface area contributed by atoms with E-state index in [4.69, 9.17) is 4.74 Å². The zero-order valence-corrected chi connectivity index (χ0v) is 21.7. The first-order chi connectivity index (χ1) is 18.6. The van der Waals surface area contributed by atoms with Crippen molar-refractivity contribution in [2.24, 2.45) is 17.8 Å². The molecule has 194 valence electrons. The summed E-state index contributed by atoms with van der Waals surface area (Å²) in [4.78, 5) is 21.8. The minimum atomic E-state index is 0.0278. The number of fused-ring (bicyclic) bond motifs is 1. The van der Waals surface area contributed by atoms with E-state index in [0.717, 1.165) is 52.1 Å². The largest absolute Gasteiger partial charge is 0.489 e. The molecule has 1 N–H and O–H groups in total. The molecule has 0 saturated heterocycles. The summed E-state index contributed by atoms with van der Waals surface area (Å²) in [5.41, 5.74) is 4.44. The summed E-state index contributed by atoms with van der Waals surface area (Å²) in [6.45, 7) is 1.21. The molecule has 6 nitrogen and oxygen atoms in total. The first kappa shape index (κ1) is 23.4. The molecule has 3 heterocycles. The minimum absolute atomic E-state index is 0.0278. The van der Waals surface area contributed by atoms with E-state index in [1.165, 1.54) is 44.1 Å². The molecule has 6 heteroatoms. The smallest absolute Gasteiger partial charge is 0.224 e. The molecular weight excluding hydrogens is 472 g/mol. The number of pyridine rings is 2. The Kier molecular flexibility index (Phi) is 5.91. The molecule has 0 unspecified atom stereocenters. The lowest BCUT2D eigenvalue weighted by atomic mass is 9.53. The number of hydrogen-bond donors (Lipinski definition) is 1. The van der Waals surface area contributed by atoms with Crippen molar-refractivity contribution in [3.8, 4) is 5.75 Å². The summed E-state index contributed by atoms with van der Waals surface area (Å²) in [7, 11) is 0. The SMILES string of the molecule is O=C(Cc1cn(Cc2ccncc2)c2ccc(OCc3ccncc3)cc12)NC12CC3CC(CC(C3)C1)C2. The maximum Gasteiger partial charge on any atom is 0.224 e. The van der Waals surface area contributed by atoms with Gasteiger partial charge in [0.1, 0.15) is 12.4 Å².